The van der Waals surface area contributed by atoms with E-state index < -0.39 is 0 Å². The fourth-order valence-electron chi connectivity index (χ4n) is 10.9. The second kappa shape index (κ2) is 12.6. The van der Waals surface area contributed by atoms with Crippen molar-refractivity contribution in [3.8, 4) is 77.9 Å². The van der Waals surface area contributed by atoms with Crippen LogP contribution in [0.2, 0.25) is 0 Å². The van der Waals surface area contributed by atoms with Crippen LogP contribution in [0.5, 0.6) is 0 Å². The van der Waals surface area contributed by atoms with E-state index in [1.54, 1.807) is 0 Å². The first-order valence-corrected chi connectivity index (χ1v) is 21.1. The maximum atomic E-state index is 8.18. The van der Waals surface area contributed by atoms with Gasteiger partial charge in [-0.1, -0.05) is 133 Å². The lowest BCUT2D eigenvalue weighted by atomic mass is 9.83. The van der Waals surface area contributed by atoms with Gasteiger partial charge in [0.15, 0.2) is 11.4 Å². The molecule has 2 aliphatic rings. The number of fused-ring (bicyclic) bond motifs is 11. The molecule has 0 spiro atoms. The lowest BCUT2D eigenvalue weighted by Gasteiger charge is -2.21. The van der Waals surface area contributed by atoms with Gasteiger partial charge in [-0.05, 0) is 194 Å². The molecule has 0 saturated heterocycles. The van der Waals surface area contributed by atoms with E-state index >= 15 is 0 Å². The molecule has 0 saturated carbocycles. The molecule has 0 heterocycles. The summed E-state index contributed by atoms with van der Waals surface area (Å²) < 4.78 is 0. The third kappa shape index (κ3) is 4.67. The zero-order chi connectivity index (χ0) is 41.4. The molecule has 2 heteroatoms. The van der Waals surface area contributed by atoms with Crippen molar-refractivity contribution in [3.63, 3.8) is 0 Å². The van der Waals surface area contributed by atoms with Gasteiger partial charge >= 0.3 is 0 Å². The van der Waals surface area contributed by atoms with E-state index in [-0.39, 0.29) is 0 Å². The van der Waals surface area contributed by atoms with Crippen molar-refractivity contribution >= 4 is 65.2 Å². The summed E-state index contributed by atoms with van der Waals surface area (Å²) in [5, 5.41) is 12.1. The number of hydrogen-bond acceptors (Lipinski definition) is 0. The van der Waals surface area contributed by atoms with E-state index in [0.717, 1.165) is 38.4 Å². The van der Waals surface area contributed by atoms with Gasteiger partial charge in [-0.2, -0.15) is 0 Å². The van der Waals surface area contributed by atoms with Crippen LogP contribution < -0.4 is 0 Å². The predicted molar refractivity (Wildman–Crippen MR) is 261 cm³/mol. The lowest BCUT2D eigenvalue weighted by molar-refractivity contribution is 1.40. The molecule has 62 heavy (non-hydrogen) atoms. The molecular formula is C60H34N2. The molecule has 0 radical (unpaired) electrons. The molecule has 2 nitrogen and oxygen atoms in total. The number of nitrogens with zero attached hydrogens (tertiary/aromatic N) is 2. The van der Waals surface area contributed by atoms with Crippen LogP contribution in [0.4, 0.5) is 11.4 Å². The molecule has 0 unspecified atom stereocenters. The van der Waals surface area contributed by atoms with E-state index in [0.29, 0.717) is 11.4 Å². The van der Waals surface area contributed by atoms with Crippen molar-refractivity contribution in [2.45, 2.75) is 13.8 Å². The zero-order valence-corrected chi connectivity index (χ0v) is 34.1. The van der Waals surface area contributed by atoms with Crippen molar-refractivity contribution in [1.82, 2.24) is 0 Å². The zero-order valence-electron chi connectivity index (χ0n) is 34.1. The Kier molecular flexibility index (Phi) is 7.03. The second-order valence-corrected chi connectivity index (χ2v) is 17.0. The Labute approximate surface area is 359 Å². The number of hydrogen-bond donors (Lipinski definition) is 0. The minimum Gasteiger partial charge on any atom is -0.238 e. The molecule has 2 aliphatic carbocycles. The first-order valence-electron chi connectivity index (χ1n) is 21.1. The van der Waals surface area contributed by atoms with Crippen LogP contribution in [0.25, 0.3) is 141 Å². The third-order valence-electron chi connectivity index (χ3n) is 13.7. The van der Waals surface area contributed by atoms with E-state index in [9.17, 15) is 0 Å². The normalized spacial score (nSPS) is 12.0. The van der Waals surface area contributed by atoms with Crippen LogP contribution in [0.1, 0.15) is 11.1 Å². The minimum absolute atomic E-state index is 0.564. The topological polar surface area (TPSA) is 8.72 Å². The highest BCUT2D eigenvalue weighted by Crippen LogP contribution is 2.55. The van der Waals surface area contributed by atoms with E-state index in [2.05, 4.69) is 151 Å². The fourth-order valence-corrected chi connectivity index (χ4v) is 10.9. The quantitative estimate of drug-likeness (QED) is 0.125. The van der Waals surface area contributed by atoms with E-state index in [1.807, 2.05) is 42.5 Å². The molecule has 0 atom stereocenters. The Bertz CT molecular complexity index is 3950. The standard InChI is InChI=1S/C60H34N2/c1-33-21-22-34(2)44(25-33)50-31-56-55-30-49-43-19-10-14-36-13-8-17-41(60(36)43)47(49)28-53(55)51(45-26-37(61-3)23-24-38(45)39-15-5-6-20-58(39)62-4)32-57(56)54-29-48-42-18-9-12-35-11-7-16-40(59(35)42)46(48)27-52(50)54/h5-32H,1-2H3. The largest absolute Gasteiger partial charge is 0.238 e. The molecule has 11 aromatic rings. The molecule has 0 fully saturated rings. The van der Waals surface area contributed by atoms with Crippen molar-refractivity contribution in [2.24, 2.45) is 0 Å². The number of benzene rings is 11. The highest BCUT2D eigenvalue weighted by atomic mass is 14.7. The number of para-hydroxylation sites is 1. The van der Waals surface area contributed by atoms with Crippen LogP contribution in [0.15, 0.2) is 170 Å². The summed E-state index contributed by atoms with van der Waals surface area (Å²) in [5.74, 6) is 0. The van der Waals surface area contributed by atoms with Gasteiger partial charge in [0.05, 0.1) is 13.1 Å². The molecule has 284 valence electrons. The van der Waals surface area contributed by atoms with Gasteiger partial charge in [-0.25, -0.2) is 9.69 Å². The van der Waals surface area contributed by atoms with Crippen LogP contribution in [0.3, 0.4) is 0 Å². The summed E-state index contributed by atoms with van der Waals surface area (Å²) in [5.41, 5.74) is 19.9. The summed E-state index contributed by atoms with van der Waals surface area (Å²) in [6.45, 7) is 20.8. The lowest BCUT2D eigenvalue weighted by Crippen LogP contribution is -1.94. The van der Waals surface area contributed by atoms with Crippen LogP contribution >= 0.6 is 0 Å². The van der Waals surface area contributed by atoms with Crippen molar-refractivity contribution in [1.29, 1.82) is 0 Å². The van der Waals surface area contributed by atoms with Crippen LogP contribution in [-0.2, 0) is 0 Å². The Morgan fingerprint density at radius 1 is 0.306 bits per heavy atom. The molecular weight excluding hydrogens is 749 g/mol. The average molecular weight is 783 g/mol. The van der Waals surface area contributed by atoms with Gasteiger partial charge in [0.2, 0.25) is 0 Å². The maximum absolute atomic E-state index is 8.18. The average Bonchev–Trinajstić information content (AvgIpc) is 3.81. The van der Waals surface area contributed by atoms with Crippen LogP contribution in [0, 0.1) is 27.0 Å². The Hall–Kier alpha value is -8.30. The molecule has 0 aliphatic heterocycles. The Morgan fingerprint density at radius 2 is 0.758 bits per heavy atom. The van der Waals surface area contributed by atoms with Gasteiger partial charge in [0, 0.05) is 0 Å². The molecule has 11 aromatic carbocycles. The monoisotopic (exact) mass is 782 g/mol. The van der Waals surface area contributed by atoms with E-state index in [4.69, 9.17) is 13.1 Å². The van der Waals surface area contributed by atoms with Gasteiger partial charge < -0.3 is 0 Å². The first kappa shape index (κ1) is 34.6. The minimum atomic E-state index is 0.564. The molecule has 0 bridgehead atoms. The second-order valence-electron chi connectivity index (χ2n) is 17.0. The smallest absolute Gasteiger partial charge is 0.194 e. The highest BCUT2D eigenvalue weighted by Gasteiger charge is 2.27. The number of aryl methyl sites for hydroxylation is 2. The van der Waals surface area contributed by atoms with Gasteiger partial charge in [0.25, 0.3) is 0 Å². The Morgan fingerprint density at radius 3 is 1.29 bits per heavy atom. The molecule has 0 amide bonds. The SMILES string of the molecule is [C-]#[N+]c1ccc(-c2ccccc2[N+]#[C-])c(-c2cc3c4cc5c(cc4c(-c4cc(C)ccc4C)cc3c3cc4c(cc23)-c2cccc3cccc-4c23)-c2cccc3cccc-5c23)c1. The summed E-state index contributed by atoms with van der Waals surface area (Å²) >= 11 is 0. The first-order chi connectivity index (χ1) is 30.5. The summed E-state index contributed by atoms with van der Waals surface area (Å²) in [6, 6.07) is 61.9. The maximum Gasteiger partial charge on any atom is 0.194 e. The van der Waals surface area contributed by atoms with Gasteiger partial charge in [-0.15, -0.1) is 0 Å². The molecule has 0 N–H and O–H groups in total. The van der Waals surface area contributed by atoms with Gasteiger partial charge in [0.1, 0.15) is 0 Å². The van der Waals surface area contributed by atoms with Crippen molar-refractivity contribution in [3.05, 3.63) is 204 Å². The summed E-state index contributed by atoms with van der Waals surface area (Å²) in [4.78, 5) is 7.94. The highest BCUT2D eigenvalue weighted by molar-refractivity contribution is 6.29. The predicted octanol–water partition coefficient (Wildman–Crippen LogP) is 17.5. The van der Waals surface area contributed by atoms with Crippen molar-refractivity contribution in [2.75, 3.05) is 0 Å². The summed E-state index contributed by atoms with van der Waals surface area (Å²) in [6.07, 6.45) is 0. The van der Waals surface area contributed by atoms with Crippen LogP contribution in [-0.4, -0.2) is 0 Å². The molecule has 0 aromatic heterocycles. The van der Waals surface area contributed by atoms with Gasteiger partial charge in [-0.3, -0.25) is 0 Å². The summed E-state index contributed by atoms with van der Waals surface area (Å²) in [7, 11) is 0. The molecule has 13 rings (SSSR count). The fraction of sp³-hybridized carbons (Fsp3) is 0.0333. The number of rotatable bonds is 3. The van der Waals surface area contributed by atoms with Crippen molar-refractivity contribution < 1.29 is 0 Å². The van der Waals surface area contributed by atoms with E-state index in [1.165, 1.54) is 104 Å². The Balaban J connectivity index is 1.24. The third-order valence-corrected chi connectivity index (χ3v) is 13.7.